The first kappa shape index (κ1) is 49.8. The summed E-state index contributed by atoms with van der Waals surface area (Å²) in [5.74, 6) is 0.0131. The summed E-state index contributed by atoms with van der Waals surface area (Å²) in [4.78, 5) is 48.7. The fourth-order valence-corrected chi connectivity index (χ4v) is 6.35. The lowest BCUT2D eigenvalue weighted by Crippen LogP contribution is -2.41. The van der Waals surface area contributed by atoms with Crippen LogP contribution in [0.15, 0.2) is 0 Å². The van der Waals surface area contributed by atoms with Gasteiger partial charge < -0.3 is 32.7 Å². The molecule has 306 valence electrons. The molecule has 0 aromatic rings. The largest absolute Gasteiger partial charge is 0.356 e. The molecule has 0 saturated carbocycles. The molecule has 0 bridgehead atoms. The van der Waals surface area contributed by atoms with E-state index in [4.69, 9.17) is 11.5 Å². The zero-order chi connectivity index (χ0) is 38.3. The maximum atomic E-state index is 12.3. The van der Waals surface area contributed by atoms with Crippen molar-refractivity contribution in [3.05, 3.63) is 0 Å². The molecular formula is C42H84N6O4. The molecule has 0 spiro atoms. The third-order valence-corrected chi connectivity index (χ3v) is 9.92. The van der Waals surface area contributed by atoms with Gasteiger partial charge in [0.15, 0.2) is 0 Å². The third-order valence-electron chi connectivity index (χ3n) is 9.92. The van der Waals surface area contributed by atoms with Crippen LogP contribution in [0.2, 0.25) is 0 Å². The van der Waals surface area contributed by atoms with Crippen molar-refractivity contribution >= 4 is 23.6 Å². The van der Waals surface area contributed by atoms with Gasteiger partial charge in [0.2, 0.25) is 23.6 Å². The lowest BCUT2D eigenvalue weighted by atomic mass is 10.1. The van der Waals surface area contributed by atoms with Crippen molar-refractivity contribution in [2.45, 2.75) is 219 Å². The molecule has 0 aliphatic carbocycles. The fraction of sp³-hybridized carbons (Fsp3) is 0.905. The molecule has 0 saturated heterocycles. The van der Waals surface area contributed by atoms with Gasteiger partial charge in [0.25, 0.3) is 0 Å². The number of carbonyl (C=O) groups is 4. The van der Waals surface area contributed by atoms with E-state index in [9.17, 15) is 19.2 Å². The van der Waals surface area contributed by atoms with Gasteiger partial charge in [-0.3, -0.25) is 19.2 Å². The maximum Gasteiger partial charge on any atom is 0.236 e. The maximum absolute atomic E-state index is 12.3. The van der Waals surface area contributed by atoms with Crippen molar-refractivity contribution in [2.75, 3.05) is 26.2 Å². The van der Waals surface area contributed by atoms with Crippen molar-refractivity contribution in [3.63, 3.8) is 0 Å². The Kier molecular flexibility index (Phi) is 36.9. The van der Waals surface area contributed by atoms with Crippen LogP contribution < -0.4 is 32.7 Å². The molecule has 52 heavy (non-hydrogen) atoms. The lowest BCUT2D eigenvalue weighted by molar-refractivity contribution is -0.123. The van der Waals surface area contributed by atoms with Crippen LogP contribution in [-0.4, -0.2) is 61.9 Å². The van der Waals surface area contributed by atoms with Gasteiger partial charge >= 0.3 is 0 Å². The third kappa shape index (κ3) is 34.9. The van der Waals surface area contributed by atoms with Gasteiger partial charge in [-0.25, -0.2) is 0 Å². The summed E-state index contributed by atoms with van der Waals surface area (Å²) >= 11 is 0. The summed E-state index contributed by atoms with van der Waals surface area (Å²) in [6.07, 6.45) is 31.8. The Morgan fingerprint density at radius 3 is 0.981 bits per heavy atom. The summed E-state index contributed by atoms with van der Waals surface area (Å²) in [7, 11) is 0. The number of nitrogens with two attached hydrogens (primary N) is 2. The second-order valence-electron chi connectivity index (χ2n) is 15.1. The van der Waals surface area contributed by atoms with Gasteiger partial charge in [0, 0.05) is 39.0 Å². The van der Waals surface area contributed by atoms with E-state index >= 15 is 0 Å². The number of unbranched alkanes of at least 4 members (excludes halogenated alkanes) is 21. The quantitative estimate of drug-likeness (QED) is 0.0352. The van der Waals surface area contributed by atoms with Gasteiger partial charge in [-0.15, -0.1) is 0 Å². The number of rotatable bonds is 39. The summed E-state index contributed by atoms with van der Waals surface area (Å²) in [5, 5.41) is 11.8. The average Bonchev–Trinajstić information content (AvgIpc) is 3.13. The first-order chi connectivity index (χ1) is 25.3. The van der Waals surface area contributed by atoms with Crippen molar-refractivity contribution in [1.82, 2.24) is 21.3 Å². The number of hydrogen-bond acceptors (Lipinski definition) is 6. The molecule has 10 heteroatoms. The molecule has 0 unspecified atom stereocenters. The van der Waals surface area contributed by atoms with E-state index in [0.717, 1.165) is 77.0 Å². The van der Waals surface area contributed by atoms with E-state index in [0.29, 0.717) is 51.9 Å². The van der Waals surface area contributed by atoms with Crippen molar-refractivity contribution in [2.24, 2.45) is 11.5 Å². The van der Waals surface area contributed by atoms with E-state index in [1.54, 1.807) is 0 Å². The van der Waals surface area contributed by atoms with E-state index in [2.05, 4.69) is 35.1 Å². The van der Waals surface area contributed by atoms with Crippen molar-refractivity contribution in [1.29, 1.82) is 0 Å². The Hall–Kier alpha value is -2.20. The van der Waals surface area contributed by atoms with Crippen molar-refractivity contribution in [3.8, 4) is 0 Å². The van der Waals surface area contributed by atoms with Gasteiger partial charge in [0.1, 0.15) is 0 Å². The van der Waals surface area contributed by atoms with Gasteiger partial charge in [-0.1, -0.05) is 129 Å². The summed E-state index contributed by atoms with van der Waals surface area (Å²) in [6.45, 7) is 6.94. The van der Waals surface area contributed by atoms with Crippen LogP contribution in [0.25, 0.3) is 0 Å². The monoisotopic (exact) mass is 737 g/mol. The molecule has 2 atom stereocenters. The second-order valence-corrected chi connectivity index (χ2v) is 15.1. The Bertz CT molecular complexity index is 790. The van der Waals surface area contributed by atoms with Crippen LogP contribution in [0.5, 0.6) is 0 Å². The number of hydrogen-bond donors (Lipinski definition) is 6. The van der Waals surface area contributed by atoms with Crippen LogP contribution >= 0.6 is 0 Å². The molecule has 0 heterocycles. The highest BCUT2D eigenvalue weighted by Gasteiger charge is 2.13. The first-order valence-corrected chi connectivity index (χ1v) is 21.9. The van der Waals surface area contributed by atoms with Gasteiger partial charge in [-0.05, 0) is 64.2 Å². The van der Waals surface area contributed by atoms with Crippen molar-refractivity contribution < 1.29 is 19.2 Å². The van der Waals surface area contributed by atoms with Crippen LogP contribution in [0.4, 0.5) is 0 Å². The Morgan fingerprint density at radius 2 is 0.635 bits per heavy atom. The lowest BCUT2D eigenvalue weighted by Gasteiger charge is -2.13. The zero-order valence-electron chi connectivity index (χ0n) is 34.0. The van der Waals surface area contributed by atoms with E-state index in [1.807, 2.05) is 0 Å². The molecule has 0 aromatic carbocycles. The van der Waals surface area contributed by atoms with Crippen LogP contribution in [-0.2, 0) is 19.2 Å². The van der Waals surface area contributed by atoms with Crippen LogP contribution in [0.3, 0.4) is 0 Å². The minimum atomic E-state index is -0.523. The molecule has 0 aliphatic heterocycles. The topological polar surface area (TPSA) is 168 Å². The number of nitrogens with one attached hydrogen (secondary N) is 4. The Balaban J connectivity index is 3.57. The first-order valence-electron chi connectivity index (χ1n) is 21.9. The van der Waals surface area contributed by atoms with Gasteiger partial charge in [0.05, 0.1) is 12.1 Å². The smallest absolute Gasteiger partial charge is 0.236 e. The summed E-state index contributed by atoms with van der Waals surface area (Å²) in [6, 6.07) is -1.05. The molecule has 8 N–H and O–H groups in total. The molecule has 0 aliphatic rings. The average molecular weight is 737 g/mol. The predicted molar refractivity (Wildman–Crippen MR) is 218 cm³/mol. The van der Waals surface area contributed by atoms with E-state index in [-0.39, 0.29) is 23.6 Å². The standard InChI is InChI=1S/C42H84N6O4/c1-3-5-7-9-11-13-15-17-21-31-39(49)45-33-27-23-29-37(43)41(51)47-35-25-19-20-26-36-48-42(52)38(44)30-24-28-34-46-40(50)32-22-18-16-14-12-10-8-6-4-2/h37-38H,3-36,43-44H2,1-2H3,(H,45,49)(H,46,50)(H,47,51)(H,48,52)/t37-,38-/m0/s1. The zero-order valence-corrected chi connectivity index (χ0v) is 34.0. The number of carbonyl (C=O) groups excluding carboxylic acids is 4. The Morgan fingerprint density at radius 1 is 0.365 bits per heavy atom. The highest BCUT2D eigenvalue weighted by Crippen LogP contribution is 2.12. The molecule has 10 nitrogen and oxygen atoms in total. The minimum absolute atomic E-state index is 0.118. The molecule has 0 fully saturated rings. The van der Waals surface area contributed by atoms with Crippen LogP contribution in [0, 0.1) is 0 Å². The SMILES string of the molecule is CCCCCCCCCCCC(=O)NCCCC[C@H](N)C(=O)NCCCCCCNC(=O)[C@@H](N)CCCCNC(=O)CCCCCCCCCCC. The molecule has 4 amide bonds. The minimum Gasteiger partial charge on any atom is -0.356 e. The molecular weight excluding hydrogens is 652 g/mol. The predicted octanol–water partition coefficient (Wildman–Crippen LogP) is 7.85. The van der Waals surface area contributed by atoms with Crippen LogP contribution in [0.1, 0.15) is 206 Å². The summed E-state index contributed by atoms with van der Waals surface area (Å²) in [5.41, 5.74) is 12.1. The fourth-order valence-electron chi connectivity index (χ4n) is 6.35. The van der Waals surface area contributed by atoms with E-state index < -0.39 is 12.1 Å². The van der Waals surface area contributed by atoms with E-state index in [1.165, 1.54) is 89.9 Å². The normalized spacial score (nSPS) is 12.3. The second kappa shape index (κ2) is 38.5. The highest BCUT2D eigenvalue weighted by atomic mass is 16.2. The molecule has 0 aromatic heterocycles. The van der Waals surface area contributed by atoms with Gasteiger partial charge in [-0.2, -0.15) is 0 Å². The Labute approximate surface area is 319 Å². The highest BCUT2D eigenvalue weighted by molar-refractivity contribution is 5.81. The molecule has 0 radical (unpaired) electrons. The number of amides is 4. The molecule has 0 rings (SSSR count). The summed E-state index contributed by atoms with van der Waals surface area (Å²) < 4.78 is 0.